The maximum absolute atomic E-state index is 12.0. The van der Waals surface area contributed by atoms with E-state index in [0.717, 1.165) is 62.7 Å². The molecule has 1 heterocycles. The molecule has 2 rings (SSSR count). The van der Waals surface area contributed by atoms with Crippen molar-refractivity contribution in [2.45, 2.75) is 45.6 Å². The van der Waals surface area contributed by atoms with Gasteiger partial charge in [-0.15, -0.1) is 0 Å². The molecule has 0 atom stereocenters. The van der Waals surface area contributed by atoms with Gasteiger partial charge in [-0.2, -0.15) is 0 Å². The highest BCUT2D eigenvalue weighted by molar-refractivity contribution is 5.79. The Kier molecular flexibility index (Phi) is 8.79. The van der Waals surface area contributed by atoms with Gasteiger partial charge in [-0.05, 0) is 43.9 Å². The van der Waals surface area contributed by atoms with Crippen molar-refractivity contribution in [2.24, 2.45) is 4.99 Å². The quantitative estimate of drug-likeness (QED) is 0.425. The molecule has 0 saturated carbocycles. The molecule has 1 aliphatic heterocycles. The number of aliphatic imine (C=N–C) groups is 1. The van der Waals surface area contributed by atoms with Gasteiger partial charge in [0.1, 0.15) is 5.75 Å². The number of nitrogens with zero attached hydrogens (tertiary/aromatic N) is 2. The van der Waals surface area contributed by atoms with Crippen LogP contribution in [-0.2, 0) is 11.3 Å². The van der Waals surface area contributed by atoms with Crippen molar-refractivity contribution in [2.75, 3.05) is 33.3 Å². The highest BCUT2D eigenvalue weighted by Gasteiger charge is 2.15. The van der Waals surface area contributed by atoms with E-state index in [2.05, 4.69) is 22.5 Å². The molecular formula is C20H32N4O2. The van der Waals surface area contributed by atoms with E-state index >= 15 is 0 Å². The molecule has 6 heteroatoms. The molecule has 0 aromatic heterocycles. The number of amides is 1. The van der Waals surface area contributed by atoms with E-state index in [1.807, 2.05) is 29.2 Å². The number of methoxy groups -OCH3 is 1. The summed E-state index contributed by atoms with van der Waals surface area (Å²) < 4.78 is 5.25. The van der Waals surface area contributed by atoms with E-state index in [0.29, 0.717) is 18.9 Å². The number of likely N-dealkylation sites (tertiary alicyclic amines) is 1. The fourth-order valence-corrected chi connectivity index (χ4v) is 3.03. The van der Waals surface area contributed by atoms with E-state index in [1.54, 1.807) is 7.11 Å². The van der Waals surface area contributed by atoms with Gasteiger partial charge in [0, 0.05) is 32.6 Å². The third-order valence-corrected chi connectivity index (χ3v) is 4.47. The van der Waals surface area contributed by atoms with E-state index in [4.69, 9.17) is 4.74 Å². The molecule has 6 nitrogen and oxygen atoms in total. The molecule has 0 aliphatic carbocycles. The van der Waals surface area contributed by atoms with Crippen molar-refractivity contribution in [3.8, 4) is 5.75 Å². The molecule has 1 aromatic rings. The van der Waals surface area contributed by atoms with Crippen LogP contribution in [0.15, 0.2) is 29.3 Å². The van der Waals surface area contributed by atoms with Crippen molar-refractivity contribution in [1.82, 2.24) is 15.5 Å². The first-order valence-corrected chi connectivity index (χ1v) is 9.66. The van der Waals surface area contributed by atoms with Crippen LogP contribution in [0.5, 0.6) is 5.75 Å². The fourth-order valence-electron chi connectivity index (χ4n) is 3.03. The van der Waals surface area contributed by atoms with Gasteiger partial charge in [0.25, 0.3) is 0 Å². The summed E-state index contributed by atoms with van der Waals surface area (Å²) in [7, 11) is 1.67. The van der Waals surface area contributed by atoms with Crippen LogP contribution in [0.4, 0.5) is 0 Å². The summed E-state index contributed by atoms with van der Waals surface area (Å²) in [5.74, 6) is 1.95. The summed E-state index contributed by atoms with van der Waals surface area (Å²) >= 11 is 0. The van der Waals surface area contributed by atoms with Gasteiger partial charge >= 0.3 is 0 Å². The monoisotopic (exact) mass is 360 g/mol. The summed E-state index contributed by atoms with van der Waals surface area (Å²) in [5.41, 5.74) is 1.11. The van der Waals surface area contributed by atoms with Crippen molar-refractivity contribution in [1.29, 1.82) is 0 Å². The van der Waals surface area contributed by atoms with Gasteiger partial charge in [0.2, 0.25) is 5.91 Å². The topological polar surface area (TPSA) is 66.0 Å². The second kappa shape index (κ2) is 11.4. The van der Waals surface area contributed by atoms with Crippen LogP contribution in [-0.4, -0.2) is 50.1 Å². The summed E-state index contributed by atoms with van der Waals surface area (Å²) in [5, 5.41) is 6.63. The lowest BCUT2D eigenvalue weighted by Crippen LogP contribution is -2.39. The number of hydrogen-bond acceptors (Lipinski definition) is 3. The molecule has 0 spiro atoms. The molecule has 1 amide bonds. The molecular weight excluding hydrogens is 328 g/mol. The number of carbonyl (C=O) groups is 1. The zero-order valence-corrected chi connectivity index (χ0v) is 16.1. The minimum absolute atomic E-state index is 0.307. The second-order valence-corrected chi connectivity index (χ2v) is 6.52. The highest BCUT2D eigenvalue weighted by Crippen LogP contribution is 2.13. The number of nitrogens with one attached hydrogen (secondary N) is 2. The van der Waals surface area contributed by atoms with Crippen molar-refractivity contribution >= 4 is 11.9 Å². The Hall–Kier alpha value is -2.24. The molecule has 144 valence electrons. The molecule has 2 N–H and O–H groups in total. The maximum Gasteiger partial charge on any atom is 0.222 e. The Labute approximate surface area is 157 Å². The van der Waals surface area contributed by atoms with Crippen LogP contribution >= 0.6 is 0 Å². The standard InChI is InChI=1S/C20H32N4O2/c1-3-21-20(23-16-17-9-7-10-18(15-17)26-2)22-12-8-14-24-13-6-4-5-11-19(24)25/h7,9-10,15H,3-6,8,11-14,16H2,1-2H3,(H2,21,22,23). The van der Waals surface area contributed by atoms with Crippen molar-refractivity contribution < 1.29 is 9.53 Å². The molecule has 26 heavy (non-hydrogen) atoms. The second-order valence-electron chi connectivity index (χ2n) is 6.52. The molecule has 0 bridgehead atoms. The molecule has 1 fully saturated rings. The minimum atomic E-state index is 0.307. The van der Waals surface area contributed by atoms with Gasteiger partial charge in [-0.25, -0.2) is 4.99 Å². The Morgan fingerprint density at radius 1 is 1.27 bits per heavy atom. The first-order valence-electron chi connectivity index (χ1n) is 9.66. The number of hydrogen-bond donors (Lipinski definition) is 2. The summed E-state index contributed by atoms with van der Waals surface area (Å²) in [6, 6.07) is 7.95. The third-order valence-electron chi connectivity index (χ3n) is 4.47. The molecule has 1 saturated heterocycles. The molecule has 1 aliphatic rings. The Morgan fingerprint density at radius 3 is 2.96 bits per heavy atom. The Balaban J connectivity index is 1.78. The van der Waals surface area contributed by atoms with Crippen molar-refractivity contribution in [3.63, 3.8) is 0 Å². The maximum atomic E-state index is 12.0. The molecule has 1 aromatic carbocycles. The fraction of sp³-hybridized carbons (Fsp3) is 0.600. The smallest absolute Gasteiger partial charge is 0.222 e. The van der Waals surface area contributed by atoms with Crippen LogP contribution < -0.4 is 15.4 Å². The Bertz CT molecular complexity index is 589. The largest absolute Gasteiger partial charge is 0.497 e. The van der Waals surface area contributed by atoms with Crippen LogP contribution in [0.3, 0.4) is 0 Å². The predicted molar refractivity (Wildman–Crippen MR) is 105 cm³/mol. The summed E-state index contributed by atoms with van der Waals surface area (Å²) in [6.07, 6.45) is 4.97. The summed E-state index contributed by atoms with van der Waals surface area (Å²) in [6.45, 7) is 5.99. The van der Waals surface area contributed by atoms with Crippen LogP contribution in [0.25, 0.3) is 0 Å². The van der Waals surface area contributed by atoms with Crippen molar-refractivity contribution in [3.05, 3.63) is 29.8 Å². The van der Waals surface area contributed by atoms with Crippen LogP contribution in [0.1, 0.15) is 44.6 Å². The van der Waals surface area contributed by atoms with Gasteiger partial charge in [0.05, 0.1) is 13.7 Å². The number of guanidine groups is 1. The van der Waals surface area contributed by atoms with E-state index in [-0.39, 0.29) is 0 Å². The number of ether oxygens (including phenoxy) is 1. The number of benzene rings is 1. The normalized spacial score (nSPS) is 15.5. The van der Waals surface area contributed by atoms with Crippen LogP contribution in [0.2, 0.25) is 0 Å². The first-order chi connectivity index (χ1) is 12.7. The minimum Gasteiger partial charge on any atom is -0.497 e. The number of rotatable bonds is 8. The van der Waals surface area contributed by atoms with Gasteiger partial charge in [-0.1, -0.05) is 18.6 Å². The molecule has 0 radical (unpaired) electrons. The van der Waals surface area contributed by atoms with E-state index in [1.165, 1.54) is 6.42 Å². The lowest BCUT2D eigenvalue weighted by molar-refractivity contribution is -0.130. The predicted octanol–water partition coefficient (Wildman–Crippen LogP) is 2.54. The van der Waals surface area contributed by atoms with Crippen LogP contribution in [0, 0.1) is 0 Å². The third kappa shape index (κ3) is 6.94. The summed E-state index contributed by atoms with van der Waals surface area (Å²) in [4.78, 5) is 18.7. The lowest BCUT2D eigenvalue weighted by atomic mass is 10.2. The van der Waals surface area contributed by atoms with E-state index < -0.39 is 0 Å². The average Bonchev–Trinajstić information content (AvgIpc) is 2.87. The van der Waals surface area contributed by atoms with E-state index in [9.17, 15) is 4.79 Å². The van der Waals surface area contributed by atoms with Gasteiger partial charge < -0.3 is 20.3 Å². The highest BCUT2D eigenvalue weighted by atomic mass is 16.5. The molecule has 0 unspecified atom stereocenters. The Morgan fingerprint density at radius 2 is 2.15 bits per heavy atom. The SMILES string of the molecule is CCNC(=NCc1cccc(OC)c1)NCCCN1CCCCCC1=O. The lowest BCUT2D eigenvalue weighted by Gasteiger charge is -2.20. The number of carbonyl (C=O) groups excluding carboxylic acids is 1. The van der Waals surface area contributed by atoms with Gasteiger partial charge in [-0.3, -0.25) is 4.79 Å². The first kappa shape index (κ1) is 20.1. The average molecular weight is 361 g/mol. The zero-order chi connectivity index (χ0) is 18.6. The zero-order valence-electron chi connectivity index (χ0n) is 16.1. The van der Waals surface area contributed by atoms with Gasteiger partial charge in [0.15, 0.2) is 5.96 Å².